The first-order chi connectivity index (χ1) is 10.7. The van der Waals surface area contributed by atoms with Crippen LogP contribution >= 0.6 is 0 Å². The molecule has 6 heteroatoms. The minimum absolute atomic E-state index is 0.283. The lowest BCUT2D eigenvalue weighted by Gasteiger charge is -2.08. The van der Waals surface area contributed by atoms with Crippen LogP contribution in [0.3, 0.4) is 0 Å². The van der Waals surface area contributed by atoms with Gasteiger partial charge in [0.05, 0.1) is 5.69 Å². The molecule has 6 nitrogen and oxygen atoms in total. The molecule has 1 aromatic carbocycles. The Hall–Kier alpha value is -2.89. The van der Waals surface area contributed by atoms with Crippen LogP contribution in [0.2, 0.25) is 0 Å². The summed E-state index contributed by atoms with van der Waals surface area (Å²) in [5, 5.41) is 13.8. The highest BCUT2D eigenvalue weighted by molar-refractivity contribution is 5.99. The van der Waals surface area contributed by atoms with Gasteiger partial charge in [-0.25, -0.2) is 4.79 Å². The number of nitrogens with zero attached hydrogens (tertiary/aromatic N) is 3. The number of aromatic nitrogens is 3. The monoisotopic (exact) mass is 295 g/mol. The third-order valence-electron chi connectivity index (χ3n) is 3.36. The summed E-state index contributed by atoms with van der Waals surface area (Å²) in [6, 6.07) is 11.0. The Morgan fingerprint density at radius 2 is 1.73 bits per heavy atom. The molecule has 0 aliphatic heterocycles. The van der Waals surface area contributed by atoms with E-state index in [9.17, 15) is 4.79 Å². The van der Waals surface area contributed by atoms with Crippen LogP contribution in [0.4, 0.5) is 16.2 Å². The molecule has 0 spiro atoms. The standard InChI is InChI=1S/C16H17N5O/c1-3-14-19-20-15-9-8-13(10-21(14)15)18-16(22)17-12-6-4-11(2)5-7-12/h4-10H,3H2,1-2H3,(H2,17,18,22). The largest absolute Gasteiger partial charge is 0.323 e. The van der Waals surface area contributed by atoms with Crippen molar-refractivity contribution in [3.05, 3.63) is 54.0 Å². The average Bonchev–Trinajstić information content (AvgIpc) is 2.92. The zero-order chi connectivity index (χ0) is 15.5. The van der Waals surface area contributed by atoms with Crippen molar-refractivity contribution in [3.8, 4) is 0 Å². The maximum absolute atomic E-state index is 12.0. The number of hydrogen-bond acceptors (Lipinski definition) is 3. The molecule has 2 amide bonds. The Kier molecular flexibility index (Phi) is 3.74. The quantitative estimate of drug-likeness (QED) is 0.779. The molecule has 0 atom stereocenters. The molecule has 3 rings (SSSR count). The van der Waals surface area contributed by atoms with Crippen LogP contribution in [0.5, 0.6) is 0 Å². The summed E-state index contributed by atoms with van der Waals surface area (Å²) < 4.78 is 1.88. The summed E-state index contributed by atoms with van der Waals surface area (Å²) in [6.45, 7) is 4.02. The predicted octanol–water partition coefficient (Wildman–Crippen LogP) is 3.24. The molecule has 0 aliphatic rings. The van der Waals surface area contributed by atoms with Crippen molar-refractivity contribution in [2.24, 2.45) is 0 Å². The van der Waals surface area contributed by atoms with Crippen LogP contribution in [-0.2, 0) is 6.42 Å². The van der Waals surface area contributed by atoms with Gasteiger partial charge >= 0.3 is 6.03 Å². The predicted molar refractivity (Wildman–Crippen MR) is 86.2 cm³/mol. The highest BCUT2D eigenvalue weighted by Gasteiger charge is 2.06. The Morgan fingerprint density at radius 1 is 1.05 bits per heavy atom. The van der Waals surface area contributed by atoms with Crippen molar-refractivity contribution in [2.45, 2.75) is 20.3 Å². The topological polar surface area (TPSA) is 71.3 Å². The Bertz CT molecular complexity index is 807. The van der Waals surface area contributed by atoms with Gasteiger partial charge in [-0.05, 0) is 31.2 Å². The van der Waals surface area contributed by atoms with E-state index in [0.29, 0.717) is 5.69 Å². The van der Waals surface area contributed by atoms with Crippen molar-refractivity contribution in [2.75, 3.05) is 10.6 Å². The van der Waals surface area contributed by atoms with Crippen LogP contribution in [-0.4, -0.2) is 20.6 Å². The van der Waals surface area contributed by atoms with Crippen molar-refractivity contribution < 1.29 is 4.79 Å². The number of rotatable bonds is 3. The molecule has 112 valence electrons. The minimum atomic E-state index is -0.283. The lowest BCUT2D eigenvalue weighted by Crippen LogP contribution is -2.19. The van der Waals surface area contributed by atoms with Gasteiger partial charge in [0.15, 0.2) is 5.65 Å². The third kappa shape index (κ3) is 2.90. The van der Waals surface area contributed by atoms with Crippen LogP contribution in [0, 0.1) is 6.92 Å². The fraction of sp³-hybridized carbons (Fsp3) is 0.188. The Balaban J connectivity index is 1.74. The number of amides is 2. The molecular weight excluding hydrogens is 278 g/mol. The first-order valence-electron chi connectivity index (χ1n) is 7.14. The second kappa shape index (κ2) is 5.85. The van der Waals surface area contributed by atoms with Crippen molar-refractivity contribution in [3.63, 3.8) is 0 Å². The summed E-state index contributed by atoms with van der Waals surface area (Å²) in [7, 11) is 0. The molecule has 0 radical (unpaired) electrons. The van der Waals surface area contributed by atoms with Gasteiger partial charge in [0, 0.05) is 18.3 Å². The normalized spacial score (nSPS) is 10.6. The lowest BCUT2D eigenvalue weighted by molar-refractivity contribution is 0.262. The molecule has 3 aromatic rings. The number of anilines is 2. The van der Waals surface area contributed by atoms with Crippen LogP contribution < -0.4 is 10.6 Å². The third-order valence-corrected chi connectivity index (χ3v) is 3.36. The van der Waals surface area contributed by atoms with E-state index in [1.54, 1.807) is 6.07 Å². The van der Waals surface area contributed by atoms with Gasteiger partial charge in [0.1, 0.15) is 5.82 Å². The molecule has 0 saturated carbocycles. The second-order valence-electron chi connectivity index (χ2n) is 5.06. The van der Waals surface area contributed by atoms with E-state index in [2.05, 4.69) is 20.8 Å². The fourth-order valence-corrected chi connectivity index (χ4v) is 2.18. The molecule has 22 heavy (non-hydrogen) atoms. The first kappa shape index (κ1) is 14.1. The van der Waals surface area contributed by atoms with Gasteiger partial charge in [-0.15, -0.1) is 10.2 Å². The number of nitrogens with one attached hydrogen (secondary N) is 2. The smallest absolute Gasteiger partial charge is 0.308 e. The molecule has 0 bridgehead atoms. The number of benzene rings is 1. The summed E-state index contributed by atoms with van der Waals surface area (Å²) in [6.07, 6.45) is 2.60. The SMILES string of the molecule is CCc1nnc2ccc(NC(=O)Nc3ccc(C)cc3)cn12. The first-order valence-corrected chi connectivity index (χ1v) is 7.14. The van der Waals surface area contributed by atoms with E-state index in [1.165, 1.54) is 0 Å². The van der Waals surface area contributed by atoms with Gasteiger partial charge in [-0.2, -0.15) is 0 Å². The number of aryl methyl sites for hydroxylation is 2. The van der Waals surface area contributed by atoms with Gasteiger partial charge in [-0.3, -0.25) is 4.40 Å². The maximum Gasteiger partial charge on any atom is 0.323 e. The van der Waals surface area contributed by atoms with Crippen LogP contribution in [0.1, 0.15) is 18.3 Å². The van der Waals surface area contributed by atoms with Gasteiger partial charge in [0.25, 0.3) is 0 Å². The number of urea groups is 1. The minimum Gasteiger partial charge on any atom is -0.308 e. The van der Waals surface area contributed by atoms with Gasteiger partial charge < -0.3 is 10.6 Å². The van der Waals surface area contributed by atoms with Crippen LogP contribution in [0.25, 0.3) is 5.65 Å². The Labute approximate surface area is 128 Å². The summed E-state index contributed by atoms with van der Waals surface area (Å²) in [4.78, 5) is 12.0. The zero-order valence-electron chi connectivity index (χ0n) is 12.5. The fourth-order valence-electron chi connectivity index (χ4n) is 2.18. The summed E-state index contributed by atoms with van der Waals surface area (Å²) in [5.74, 6) is 0.859. The maximum atomic E-state index is 12.0. The molecular formula is C16H17N5O. The number of hydrogen-bond donors (Lipinski definition) is 2. The van der Waals surface area contributed by atoms with Crippen LogP contribution in [0.15, 0.2) is 42.6 Å². The van der Waals surface area contributed by atoms with E-state index < -0.39 is 0 Å². The second-order valence-corrected chi connectivity index (χ2v) is 5.06. The molecule has 2 aromatic heterocycles. The molecule has 2 heterocycles. The molecule has 0 fully saturated rings. The van der Waals surface area contributed by atoms with E-state index in [4.69, 9.17) is 0 Å². The zero-order valence-corrected chi connectivity index (χ0v) is 12.5. The van der Waals surface area contributed by atoms with Crippen molar-refractivity contribution in [1.29, 1.82) is 0 Å². The number of carbonyl (C=O) groups excluding carboxylic acids is 1. The van der Waals surface area contributed by atoms with Gasteiger partial charge in [-0.1, -0.05) is 24.6 Å². The van der Waals surface area contributed by atoms with E-state index in [-0.39, 0.29) is 6.03 Å². The molecule has 0 unspecified atom stereocenters. The van der Waals surface area contributed by atoms with Gasteiger partial charge in [0.2, 0.25) is 0 Å². The lowest BCUT2D eigenvalue weighted by atomic mass is 10.2. The van der Waals surface area contributed by atoms with E-state index >= 15 is 0 Å². The summed E-state index contributed by atoms with van der Waals surface area (Å²) in [5.41, 5.74) is 3.35. The number of carbonyl (C=O) groups is 1. The van der Waals surface area contributed by atoms with Crippen molar-refractivity contribution in [1.82, 2.24) is 14.6 Å². The highest BCUT2D eigenvalue weighted by atomic mass is 16.2. The summed E-state index contributed by atoms with van der Waals surface area (Å²) >= 11 is 0. The molecule has 2 N–H and O–H groups in total. The highest BCUT2D eigenvalue weighted by Crippen LogP contribution is 2.13. The Morgan fingerprint density at radius 3 is 2.45 bits per heavy atom. The molecule has 0 aliphatic carbocycles. The van der Waals surface area contributed by atoms with E-state index in [0.717, 1.165) is 29.1 Å². The molecule has 0 saturated heterocycles. The van der Waals surface area contributed by atoms with E-state index in [1.807, 2.05) is 54.8 Å². The number of pyridine rings is 1. The number of fused-ring (bicyclic) bond motifs is 1. The average molecular weight is 295 g/mol. The van der Waals surface area contributed by atoms with Crippen molar-refractivity contribution >= 4 is 23.1 Å².